The molecule has 0 radical (unpaired) electrons. The maximum Gasteiger partial charge on any atom is 0.411 e. The normalized spacial score (nSPS) is 32.0. The van der Waals surface area contributed by atoms with E-state index in [0.717, 1.165) is 40.5 Å². The molecule has 0 saturated carbocycles. The number of alkyl carbamates (subject to hydrolysis) is 1. The van der Waals surface area contributed by atoms with Gasteiger partial charge < -0.3 is 114 Å². The van der Waals surface area contributed by atoms with E-state index < -0.39 is 181 Å². The number of ether oxygens (including phenoxy) is 12. The SMILES string of the molecule is CCN[C@H]1CO[C@@H](O[C@H]2[C@H](O[C@H]3C#CC=CC#C[C@]4(O)CC(=O)C(NC(=O)OC)=C3/C4=C\CSSC[C@H](NC(=O)CC[C@H](N)C(=O)O)C(=O)NCC(=O)O)O[C@H](C)[C@@H](NO[C@H]3C[C@H](O)[C@H](SC(=O)c4c(C)c(I)c(O[C@@H]5O[C@@H](C)[C@H](O)[C@@H](OC)[C@H]5O)c(OC)c4OC)[C@@H](C)O3)[C@@H]2O)C[C@@H]1OC. The Morgan fingerprint density at radius 2 is 1.57 bits per heavy atom. The second kappa shape index (κ2) is 38.5. The number of carboxylic acids is 2. The standard InChI is InChI=1S/C64H87IN6O27S3/c1-11-67-34-26-91-42(23-39(34)86-6)96-55-50(78)47(71-98-43-22-36(72)57(31(5)92-43)101-60(83)44-28(2)46(65)53(56(89-9)52(44)87-7)97-61-51(79)54(88-8)49(77)30(4)94-61)29(3)93-62(55)95-38-16-14-12-13-15-20-64(85)24-37(73)48(70-63(84)90-10)45(38)32(64)19-21-99-100-27-35(58(80)68-25-41(75)76)69-40(74)18-17-33(66)59(81)82/h12-13,19,29-31,33-36,38-39,42-43,47,49-51,54-55,57,61-62,67,71-72,77-79,85H,11,17-18,21-27,66H2,1-10H3,(H,68,80)(H,69,74)(H,70,84)(H,75,76)(H,81,82)/b13-12?,32-19+/t29-,30+,31-,33+,34+,35+,36+,38+,39+,42+,43+,47-,49+,50+,51-,54-,55-,57-,61+,62+,64+/m1/s1. The van der Waals surface area contributed by atoms with Gasteiger partial charge in [-0.3, -0.25) is 38.9 Å². The van der Waals surface area contributed by atoms with Crippen LogP contribution in [0.5, 0.6) is 17.2 Å². The average molecular weight is 1600 g/mol. The van der Waals surface area contributed by atoms with E-state index in [1.165, 1.54) is 46.7 Å². The van der Waals surface area contributed by atoms with Crippen molar-refractivity contribution in [3.8, 4) is 40.9 Å². The molecule has 0 unspecified atom stereocenters. The number of carboxylic acid groups (broad SMARTS) is 2. The van der Waals surface area contributed by atoms with Gasteiger partial charge >= 0.3 is 18.0 Å². The van der Waals surface area contributed by atoms with Crippen LogP contribution in [0.1, 0.15) is 75.7 Å². The van der Waals surface area contributed by atoms with Crippen LogP contribution in [0, 0.1) is 34.2 Å². The lowest BCUT2D eigenvalue weighted by atomic mass is 9.75. The number of benzene rings is 1. The molecule has 21 atom stereocenters. The van der Waals surface area contributed by atoms with Gasteiger partial charge in [0.05, 0.1) is 97.0 Å². The number of hydroxylamine groups is 1. The largest absolute Gasteiger partial charge is 0.492 e. The summed E-state index contributed by atoms with van der Waals surface area (Å²) in [6.07, 6.45) is -16.7. The van der Waals surface area contributed by atoms with Gasteiger partial charge in [0.25, 0.3) is 0 Å². The van der Waals surface area contributed by atoms with E-state index in [1.807, 2.05) is 29.5 Å². The van der Waals surface area contributed by atoms with Crippen molar-refractivity contribution in [1.29, 1.82) is 0 Å². The summed E-state index contributed by atoms with van der Waals surface area (Å²) in [7, 11) is 8.67. The van der Waals surface area contributed by atoms with Crippen molar-refractivity contribution in [2.24, 2.45) is 5.73 Å². The van der Waals surface area contributed by atoms with Gasteiger partial charge in [-0.25, -0.2) is 4.79 Å². The lowest BCUT2D eigenvalue weighted by Crippen LogP contribution is -2.65. The summed E-state index contributed by atoms with van der Waals surface area (Å²) in [6.45, 7) is 8.27. The number of rotatable bonds is 31. The van der Waals surface area contributed by atoms with Crippen LogP contribution in [0.25, 0.3) is 0 Å². The lowest BCUT2D eigenvalue weighted by molar-refractivity contribution is -0.336. The Morgan fingerprint density at radius 1 is 0.861 bits per heavy atom. The number of halogens is 1. The molecule has 4 fully saturated rings. The fourth-order valence-electron chi connectivity index (χ4n) is 11.7. The number of likely N-dealkylation sites (N-methyl/N-ethyl adjacent to an activating group) is 1. The molecule has 33 nitrogen and oxygen atoms in total. The summed E-state index contributed by atoms with van der Waals surface area (Å²) < 4.78 is 72.6. The number of thioether (sulfide) groups is 1. The third kappa shape index (κ3) is 21.0. The number of Topliss-reactive ketones (excluding diaryl/α,β-unsaturated/α-hetero) is 1. The van der Waals surface area contributed by atoms with Gasteiger partial charge in [0.15, 0.2) is 41.8 Å². The zero-order valence-corrected chi connectivity index (χ0v) is 61.4. The average Bonchev–Trinajstić information content (AvgIpc) is 0.758. The fraction of sp³-hybridized carbons (Fsp3) is 0.641. The number of aliphatic hydroxyl groups excluding tert-OH is 4. The molecule has 7 rings (SSSR count). The van der Waals surface area contributed by atoms with Gasteiger partial charge in [-0.1, -0.05) is 70.0 Å². The Kier molecular flexibility index (Phi) is 31.6. The fourth-order valence-corrected chi connectivity index (χ4v) is 15.5. The van der Waals surface area contributed by atoms with Gasteiger partial charge in [0.2, 0.25) is 29.0 Å². The number of aliphatic hydroxyl groups is 5. The topological polar surface area (TPSA) is 467 Å². The van der Waals surface area contributed by atoms with Crippen molar-refractivity contribution < 1.29 is 131 Å². The number of nitrogens with two attached hydrogens (primary N) is 1. The molecule has 101 heavy (non-hydrogen) atoms. The second-order valence-electron chi connectivity index (χ2n) is 23.8. The lowest BCUT2D eigenvalue weighted by Gasteiger charge is -2.46. The van der Waals surface area contributed by atoms with Crippen LogP contribution in [-0.2, 0) is 71.4 Å². The summed E-state index contributed by atoms with van der Waals surface area (Å²) in [5, 5.41) is 86.2. The summed E-state index contributed by atoms with van der Waals surface area (Å²) in [5.74, 6) is 5.85. The van der Waals surface area contributed by atoms with E-state index in [4.69, 9.17) is 67.4 Å². The molecule has 2 bridgehead atoms. The molecule has 2 aliphatic carbocycles. The van der Waals surface area contributed by atoms with Crippen LogP contribution in [0.2, 0.25) is 0 Å². The third-order valence-corrected chi connectivity index (χ3v) is 22.0. The first-order valence-electron chi connectivity index (χ1n) is 31.9. The molecule has 1 aromatic rings. The number of carbonyl (C=O) groups excluding carboxylic acids is 5. The van der Waals surface area contributed by atoms with Gasteiger partial charge in [0.1, 0.15) is 55.3 Å². The molecule has 4 aliphatic heterocycles. The summed E-state index contributed by atoms with van der Waals surface area (Å²) >= 11 is 2.76. The number of amides is 3. The number of carbonyl (C=O) groups is 7. The van der Waals surface area contributed by atoms with Crippen molar-refractivity contribution in [3.05, 3.63) is 49.8 Å². The van der Waals surface area contributed by atoms with Crippen molar-refractivity contribution >= 4 is 96.7 Å². The minimum atomic E-state index is -2.31. The van der Waals surface area contributed by atoms with Crippen molar-refractivity contribution in [2.45, 2.75) is 194 Å². The van der Waals surface area contributed by atoms with Crippen molar-refractivity contribution in [1.82, 2.24) is 26.7 Å². The molecule has 4 heterocycles. The molecule has 6 aliphatic rings. The highest BCUT2D eigenvalue weighted by atomic mass is 127. The maximum atomic E-state index is 14.5. The van der Waals surface area contributed by atoms with Crippen LogP contribution >= 0.6 is 55.9 Å². The molecule has 14 N–H and O–H groups in total. The first kappa shape index (κ1) is 82.8. The zero-order valence-electron chi connectivity index (χ0n) is 56.8. The molecular formula is C64H87IN6O27S3. The van der Waals surface area contributed by atoms with Crippen molar-refractivity contribution in [3.63, 3.8) is 0 Å². The Labute approximate surface area is 608 Å². The molecule has 3 amide bonds. The smallest absolute Gasteiger partial charge is 0.411 e. The Bertz CT molecular complexity index is 3360. The van der Waals surface area contributed by atoms with E-state index in [0.29, 0.717) is 15.7 Å². The predicted octanol–water partition coefficient (Wildman–Crippen LogP) is -0.203. The quantitative estimate of drug-likeness (QED) is 0.0150. The summed E-state index contributed by atoms with van der Waals surface area (Å²) in [4.78, 5) is 96.9. The summed E-state index contributed by atoms with van der Waals surface area (Å²) in [5.41, 5.74) is 5.86. The van der Waals surface area contributed by atoms with Crippen LogP contribution in [0.4, 0.5) is 4.79 Å². The predicted molar refractivity (Wildman–Crippen MR) is 368 cm³/mol. The van der Waals surface area contributed by atoms with Gasteiger partial charge in [-0.05, 0) is 81.0 Å². The van der Waals surface area contributed by atoms with Crippen LogP contribution in [0.15, 0.2) is 35.1 Å². The number of aliphatic carboxylic acids is 2. The molecule has 0 spiro atoms. The minimum Gasteiger partial charge on any atom is -0.492 e. The molecule has 560 valence electrons. The first-order chi connectivity index (χ1) is 48.0. The Morgan fingerprint density at radius 3 is 2.23 bits per heavy atom. The molecule has 4 saturated heterocycles. The number of methoxy groups -OCH3 is 5. The first-order valence-corrected chi connectivity index (χ1v) is 36.4. The Hall–Kier alpha value is -5.45. The number of fused-ring (bicyclic) bond motifs is 2. The van der Waals surface area contributed by atoms with E-state index in [-0.39, 0.29) is 83.8 Å². The van der Waals surface area contributed by atoms with E-state index >= 15 is 0 Å². The number of nitrogens with one attached hydrogen (secondary N) is 5. The van der Waals surface area contributed by atoms with Gasteiger partial charge in [0, 0.05) is 56.1 Å². The zero-order chi connectivity index (χ0) is 74.2. The van der Waals surface area contributed by atoms with Crippen LogP contribution < -0.4 is 46.7 Å². The van der Waals surface area contributed by atoms with E-state index in [2.05, 4.69) is 50.4 Å². The monoisotopic (exact) mass is 1590 g/mol. The number of ketones is 1. The van der Waals surface area contributed by atoms with Crippen LogP contribution in [-0.4, -0.2) is 271 Å². The van der Waals surface area contributed by atoms with E-state index in [1.54, 1.807) is 27.7 Å². The van der Waals surface area contributed by atoms with Crippen molar-refractivity contribution in [2.75, 3.05) is 66.8 Å². The van der Waals surface area contributed by atoms with E-state index in [9.17, 15) is 69.3 Å². The van der Waals surface area contributed by atoms with Crippen LogP contribution in [0.3, 0.4) is 0 Å². The number of hydrogen-bond donors (Lipinski definition) is 13. The van der Waals surface area contributed by atoms with Gasteiger partial charge in [-0.2, -0.15) is 5.48 Å². The van der Waals surface area contributed by atoms with Gasteiger partial charge in [-0.15, -0.1) is 0 Å². The molecular weight excluding hydrogens is 1510 g/mol. The summed E-state index contributed by atoms with van der Waals surface area (Å²) in [6, 6.07) is -4.16. The highest BCUT2D eigenvalue weighted by Gasteiger charge is 2.52. The maximum absolute atomic E-state index is 14.5. The molecule has 1 aromatic carbocycles. The Balaban J connectivity index is 1.13. The third-order valence-electron chi connectivity index (χ3n) is 17.0. The highest BCUT2D eigenvalue weighted by molar-refractivity contribution is 14.1. The highest BCUT2D eigenvalue weighted by Crippen LogP contribution is 2.49. The minimum absolute atomic E-state index is 0.00185. The molecule has 0 aromatic heterocycles. The molecule has 37 heteroatoms. The number of hydrogen-bond acceptors (Lipinski definition) is 31. The second-order valence-corrected chi connectivity index (χ2v) is 28.6. The number of allylic oxidation sites excluding steroid dienone is 3.